The summed E-state index contributed by atoms with van der Waals surface area (Å²) in [5, 5.41) is 9.00. The van der Waals surface area contributed by atoms with Crippen molar-refractivity contribution in [1.29, 1.82) is 0 Å². The van der Waals surface area contributed by atoms with Gasteiger partial charge in [-0.05, 0) is 12.8 Å². The van der Waals surface area contributed by atoms with E-state index in [1.165, 1.54) is 109 Å². The molecule has 3 nitrogen and oxygen atoms in total. The van der Waals surface area contributed by atoms with Crippen LogP contribution in [0.4, 0.5) is 0 Å². The molecule has 0 radical (unpaired) electrons. The van der Waals surface area contributed by atoms with Gasteiger partial charge < -0.3 is 14.6 Å². The molecule has 0 aliphatic carbocycles. The van der Waals surface area contributed by atoms with Gasteiger partial charge in [-0.3, -0.25) is 0 Å². The van der Waals surface area contributed by atoms with E-state index in [9.17, 15) is 0 Å². The molecular weight excluding hydrogens is 324 g/mol. The minimum absolute atomic E-state index is 0.0662. The van der Waals surface area contributed by atoms with Gasteiger partial charge in [-0.2, -0.15) is 0 Å². The number of hydrogen-bond donors (Lipinski definition) is 1. The van der Waals surface area contributed by atoms with E-state index in [-0.39, 0.29) is 19.0 Å². The Bertz CT molecular complexity index is 283. The number of ether oxygens (including phenoxy) is 2. The number of aliphatic hydroxyl groups is 1. The Kier molecular flexibility index (Phi) is 16.8. The second kappa shape index (κ2) is 18.3. The van der Waals surface area contributed by atoms with E-state index in [0.717, 1.165) is 6.42 Å². The van der Waals surface area contributed by atoms with Crippen molar-refractivity contribution in [3.05, 3.63) is 0 Å². The fourth-order valence-corrected chi connectivity index (χ4v) is 3.79. The summed E-state index contributed by atoms with van der Waals surface area (Å²) in [5.41, 5.74) is 0. The fraction of sp³-hybridized carbons (Fsp3) is 1.00. The topological polar surface area (TPSA) is 38.7 Å². The first kappa shape index (κ1) is 23.9. The van der Waals surface area contributed by atoms with Gasteiger partial charge in [0, 0.05) is 0 Å². The molecule has 1 aliphatic heterocycles. The Hall–Kier alpha value is -0.120. The zero-order chi connectivity index (χ0) is 18.7. The van der Waals surface area contributed by atoms with Crippen LogP contribution in [0.3, 0.4) is 0 Å². The predicted octanol–water partition coefficient (Wildman–Crippen LogP) is 6.76. The van der Waals surface area contributed by atoms with Crippen LogP contribution in [0, 0.1) is 0 Å². The van der Waals surface area contributed by atoms with Gasteiger partial charge in [0.25, 0.3) is 0 Å². The molecule has 1 aliphatic rings. The normalized spacial score (nSPS) is 20.1. The van der Waals surface area contributed by atoms with Crippen molar-refractivity contribution in [2.45, 2.75) is 135 Å². The van der Waals surface area contributed by atoms with Crippen LogP contribution in [-0.4, -0.2) is 30.7 Å². The van der Waals surface area contributed by atoms with Crippen LogP contribution in [0.5, 0.6) is 0 Å². The predicted molar refractivity (Wildman–Crippen MR) is 110 cm³/mol. The van der Waals surface area contributed by atoms with E-state index < -0.39 is 0 Å². The monoisotopic (exact) mass is 370 g/mol. The van der Waals surface area contributed by atoms with Gasteiger partial charge in [0.05, 0.1) is 13.2 Å². The minimum atomic E-state index is -0.0919. The minimum Gasteiger partial charge on any atom is -0.394 e. The van der Waals surface area contributed by atoms with E-state index in [2.05, 4.69) is 6.92 Å². The van der Waals surface area contributed by atoms with Crippen LogP contribution < -0.4 is 0 Å². The molecule has 0 aromatic heterocycles. The molecule has 2 atom stereocenters. The van der Waals surface area contributed by atoms with E-state index in [1.54, 1.807) is 0 Å². The average Bonchev–Trinajstić information content (AvgIpc) is 3.12. The molecule has 1 fully saturated rings. The quantitative estimate of drug-likeness (QED) is 0.255. The first-order valence-corrected chi connectivity index (χ1v) is 11.7. The molecule has 0 spiro atoms. The first-order chi connectivity index (χ1) is 12.9. The third-order valence-electron chi connectivity index (χ3n) is 5.56. The average molecular weight is 371 g/mol. The lowest BCUT2D eigenvalue weighted by Gasteiger charge is -2.09. The summed E-state index contributed by atoms with van der Waals surface area (Å²) >= 11 is 0. The third-order valence-corrected chi connectivity index (χ3v) is 5.56. The Morgan fingerprint density at radius 1 is 0.654 bits per heavy atom. The van der Waals surface area contributed by atoms with Gasteiger partial charge >= 0.3 is 0 Å². The van der Waals surface area contributed by atoms with Crippen molar-refractivity contribution >= 4 is 0 Å². The molecule has 0 unspecified atom stereocenters. The molecule has 0 amide bonds. The molecular formula is C23H46O3. The highest BCUT2D eigenvalue weighted by Gasteiger charge is 2.24. The Balaban J connectivity index is 1.67. The second-order valence-corrected chi connectivity index (χ2v) is 8.15. The van der Waals surface area contributed by atoms with Crippen LogP contribution >= 0.6 is 0 Å². The van der Waals surface area contributed by atoms with Crippen molar-refractivity contribution in [2.24, 2.45) is 0 Å². The molecule has 0 aromatic carbocycles. The SMILES string of the molecule is CCCCCCCCCCCCCCCCCCC[C@@H]1OC[C@@H](CO)O1. The van der Waals surface area contributed by atoms with Gasteiger partial charge in [0.15, 0.2) is 6.29 Å². The molecule has 0 saturated carbocycles. The van der Waals surface area contributed by atoms with Gasteiger partial charge in [-0.15, -0.1) is 0 Å². The van der Waals surface area contributed by atoms with Gasteiger partial charge in [-0.25, -0.2) is 0 Å². The summed E-state index contributed by atoms with van der Waals surface area (Å²) in [7, 11) is 0. The summed E-state index contributed by atoms with van der Waals surface area (Å²) in [5.74, 6) is 0. The van der Waals surface area contributed by atoms with Crippen LogP contribution in [0.15, 0.2) is 0 Å². The summed E-state index contributed by atoms with van der Waals surface area (Å²) in [6.45, 7) is 2.92. The smallest absolute Gasteiger partial charge is 0.158 e. The van der Waals surface area contributed by atoms with Crippen LogP contribution in [0.1, 0.15) is 122 Å². The lowest BCUT2D eigenvalue weighted by Crippen LogP contribution is -2.16. The van der Waals surface area contributed by atoms with Gasteiger partial charge in [0.1, 0.15) is 6.10 Å². The Morgan fingerprint density at radius 3 is 1.46 bits per heavy atom. The van der Waals surface area contributed by atoms with Crippen molar-refractivity contribution in [2.75, 3.05) is 13.2 Å². The molecule has 156 valence electrons. The Labute approximate surface area is 163 Å². The maximum Gasteiger partial charge on any atom is 0.158 e. The maximum absolute atomic E-state index is 9.00. The summed E-state index contributed by atoms with van der Waals surface area (Å²) < 4.78 is 11.1. The van der Waals surface area contributed by atoms with E-state index in [1.807, 2.05) is 0 Å². The Morgan fingerprint density at radius 2 is 1.08 bits per heavy atom. The highest BCUT2D eigenvalue weighted by molar-refractivity contribution is 4.64. The highest BCUT2D eigenvalue weighted by atomic mass is 16.7. The maximum atomic E-state index is 9.00. The van der Waals surface area contributed by atoms with E-state index >= 15 is 0 Å². The number of unbranched alkanes of at least 4 members (excludes halogenated alkanes) is 16. The van der Waals surface area contributed by atoms with Crippen LogP contribution in [0.25, 0.3) is 0 Å². The third kappa shape index (κ3) is 14.0. The van der Waals surface area contributed by atoms with Crippen LogP contribution in [0.2, 0.25) is 0 Å². The summed E-state index contributed by atoms with van der Waals surface area (Å²) in [6.07, 6.45) is 24.7. The number of aliphatic hydroxyl groups excluding tert-OH is 1. The van der Waals surface area contributed by atoms with E-state index in [0.29, 0.717) is 6.61 Å². The standard InChI is InChI=1S/C23H46O3/c1-2-3-4-5-6-7-8-9-10-11-12-13-14-15-16-17-18-19-23-25-21-22(20-24)26-23/h22-24H,2-21H2,1H3/t22-,23-/m1/s1. The first-order valence-electron chi connectivity index (χ1n) is 11.7. The highest BCUT2D eigenvalue weighted by Crippen LogP contribution is 2.18. The van der Waals surface area contributed by atoms with E-state index in [4.69, 9.17) is 14.6 Å². The zero-order valence-electron chi connectivity index (χ0n) is 17.6. The molecule has 1 saturated heterocycles. The van der Waals surface area contributed by atoms with Crippen molar-refractivity contribution in [1.82, 2.24) is 0 Å². The van der Waals surface area contributed by atoms with Gasteiger partial charge in [-0.1, -0.05) is 110 Å². The zero-order valence-corrected chi connectivity index (χ0v) is 17.6. The molecule has 26 heavy (non-hydrogen) atoms. The second-order valence-electron chi connectivity index (χ2n) is 8.15. The van der Waals surface area contributed by atoms with Crippen molar-refractivity contribution in [3.8, 4) is 0 Å². The van der Waals surface area contributed by atoms with Crippen molar-refractivity contribution < 1.29 is 14.6 Å². The molecule has 0 aromatic rings. The number of rotatable bonds is 19. The lowest BCUT2D eigenvalue weighted by atomic mass is 10.0. The lowest BCUT2D eigenvalue weighted by molar-refractivity contribution is -0.0701. The molecule has 0 bridgehead atoms. The largest absolute Gasteiger partial charge is 0.394 e. The molecule has 1 heterocycles. The van der Waals surface area contributed by atoms with Crippen LogP contribution in [-0.2, 0) is 9.47 Å². The molecule has 1 rings (SSSR count). The summed E-state index contributed by atoms with van der Waals surface area (Å²) in [6, 6.07) is 0. The molecule has 3 heteroatoms. The van der Waals surface area contributed by atoms with Gasteiger partial charge in [0.2, 0.25) is 0 Å². The number of hydrogen-bond acceptors (Lipinski definition) is 3. The molecule has 1 N–H and O–H groups in total. The summed E-state index contributed by atoms with van der Waals surface area (Å²) in [4.78, 5) is 0. The fourth-order valence-electron chi connectivity index (χ4n) is 3.79. The van der Waals surface area contributed by atoms with Crippen molar-refractivity contribution in [3.63, 3.8) is 0 Å².